The van der Waals surface area contributed by atoms with Crippen molar-refractivity contribution in [3.8, 4) is 0 Å². The van der Waals surface area contributed by atoms with Gasteiger partial charge in [-0.25, -0.2) is 0 Å². The Balaban J connectivity index is 2.12. The number of anilines is 1. The van der Waals surface area contributed by atoms with Crippen molar-refractivity contribution >= 4 is 11.7 Å². The molecule has 4 heteroatoms. The predicted molar refractivity (Wildman–Crippen MR) is 82.1 cm³/mol. The summed E-state index contributed by atoms with van der Waals surface area (Å²) in [7, 11) is 0. The molecule has 4 nitrogen and oxygen atoms in total. The fourth-order valence-corrected chi connectivity index (χ4v) is 2.14. The number of hydrogen-bond donors (Lipinski definition) is 2. The molecule has 0 radical (unpaired) electrons. The molecule has 0 aliphatic carbocycles. The lowest BCUT2D eigenvalue weighted by molar-refractivity contribution is -0.136. The van der Waals surface area contributed by atoms with Gasteiger partial charge in [-0.15, -0.1) is 0 Å². The first kappa shape index (κ1) is 15.1. The Morgan fingerprint density at radius 3 is 2.14 bits per heavy atom. The van der Waals surface area contributed by atoms with Crippen LogP contribution >= 0.6 is 0 Å². The van der Waals surface area contributed by atoms with E-state index in [1.54, 1.807) is 0 Å². The number of carbonyl (C=O) groups is 1. The van der Waals surface area contributed by atoms with Crippen molar-refractivity contribution in [2.24, 2.45) is 0 Å². The van der Waals surface area contributed by atoms with Crippen molar-refractivity contribution in [1.82, 2.24) is 0 Å². The van der Waals surface area contributed by atoms with Crippen LogP contribution < -0.4 is 4.90 Å². The van der Waals surface area contributed by atoms with E-state index in [4.69, 9.17) is 10.2 Å². The van der Waals surface area contributed by atoms with Gasteiger partial charge in [-0.3, -0.25) is 4.79 Å². The van der Waals surface area contributed by atoms with E-state index in [0.29, 0.717) is 13.1 Å². The number of aliphatic hydroxyl groups excluding tert-OH is 1. The van der Waals surface area contributed by atoms with Crippen LogP contribution in [-0.4, -0.2) is 22.7 Å². The average Bonchev–Trinajstić information content (AvgIpc) is 2.52. The molecule has 2 N–H and O–H groups in total. The summed E-state index contributed by atoms with van der Waals surface area (Å²) in [5, 5.41) is 17.9. The number of aliphatic carboxylic acids is 1. The molecule has 0 saturated carbocycles. The highest BCUT2D eigenvalue weighted by molar-refractivity contribution is 5.67. The summed E-state index contributed by atoms with van der Waals surface area (Å²) < 4.78 is 0. The molecule has 0 aliphatic rings. The molecule has 21 heavy (non-hydrogen) atoms. The second kappa shape index (κ2) is 7.45. The van der Waals surface area contributed by atoms with E-state index in [0.717, 1.165) is 16.8 Å². The first-order valence-electron chi connectivity index (χ1n) is 6.89. The molecule has 0 fully saturated rings. The van der Waals surface area contributed by atoms with Crippen LogP contribution in [0.4, 0.5) is 5.69 Å². The Morgan fingerprint density at radius 2 is 1.57 bits per heavy atom. The summed E-state index contributed by atoms with van der Waals surface area (Å²) in [6, 6.07) is 17.5. The molecule has 0 bridgehead atoms. The molecule has 0 aromatic heterocycles. The van der Waals surface area contributed by atoms with Gasteiger partial charge in [0.2, 0.25) is 0 Å². The number of benzene rings is 2. The highest BCUT2D eigenvalue weighted by Gasteiger charge is 2.09. The molecule has 0 spiro atoms. The second-order valence-electron chi connectivity index (χ2n) is 4.88. The van der Waals surface area contributed by atoms with Gasteiger partial charge in [0.15, 0.2) is 0 Å². The third kappa shape index (κ3) is 4.61. The maximum absolute atomic E-state index is 10.8. The van der Waals surface area contributed by atoms with Crippen LogP contribution in [0.1, 0.15) is 17.5 Å². The van der Waals surface area contributed by atoms with E-state index in [-0.39, 0.29) is 13.0 Å². The maximum Gasteiger partial charge on any atom is 0.305 e. The highest BCUT2D eigenvalue weighted by atomic mass is 16.4. The van der Waals surface area contributed by atoms with Crippen LogP contribution in [0.3, 0.4) is 0 Å². The van der Waals surface area contributed by atoms with Gasteiger partial charge in [-0.1, -0.05) is 42.5 Å². The lowest BCUT2D eigenvalue weighted by atomic mass is 10.1. The normalized spacial score (nSPS) is 10.3. The molecule has 0 atom stereocenters. The van der Waals surface area contributed by atoms with Gasteiger partial charge >= 0.3 is 5.97 Å². The van der Waals surface area contributed by atoms with Gasteiger partial charge in [0.1, 0.15) is 0 Å². The highest BCUT2D eigenvalue weighted by Crippen LogP contribution is 2.17. The van der Waals surface area contributed by atoms with E-state index in [2.05, 4.69) is 0 Å². The van der Waals surface area contributed by atoms with E-state index < -0.39 is 5.97 Å². The van der Waals surface area contributed by atoms with E-state index >= 15 is 0 Å². The van der Waals surface area contributed by atoms with Crippen LogP contribution in [0.25, 0.3) is 0 Å². The van der Waals surface area contributed by atoms with Crippen LogP contribution in [0, 0.1) is 0 Å². The molecule has 0 saturated heterocycles. The monoisotopic (exact) mass is 285 g/mol. The number of carboxylic acid groups (broad SMARTS) is 1. The number of para-hydroxylation sites is 1. The Hall–Kier alpha value is -2.33. The molecule has 0 heterocycles. The van der Waals surface area contributed by atoms with Crippen molar-refractivity contribution in [1.29, 1.82) is 0 Å². The summed E-state index contributed by atoms with van der Waals surface area (Å²) in [5.41, 5.74) is 2.96. The summed E-state index contributed by atoms with van der Waals surface area (Å²) >= 11 is 0. The van der Waals surface area contributed by atoms with Crippen LogP contribution in [-0.2, 0) is 17.9 Å². The standard InChI is InChI=1S/C17H19NO3/c19-13-15-8-6-14(7-9-15)12-18(11-10-17(20)21)16-4-2-1-3-5-16/h1-9,19H,10-13H2,(H,20,21). The molecule has 0 unspecified atom stereocenters. The molecule has 2 aromatic rings. The third-order valence-corrected chi connectivity index (χ3v) is 3.30. The maximum atomic E-state index is 10.8. The van der Waals surface area contributed by atoms with Crippen molar-refractivity contribution < 1.29 is 15.0 Å². The van der Waals surface area contributed by atoms with Gasteiger partial charge in [0.25, 0.3) is 0 Å². The minimum Gasteiger partial charge on any atom is -0.481 e. The number of hydrogen-bond acceptors (Lipinski definition) is 3. The zero-order chi connectivity index (χ0) is 15.1. The largest absolute Gasteiger partial charge is 0.481 e. The van der Waals surface area contributed by atoms with Gasteiger partial charge in [-0.05, 0) is 23.3 Å². The number of nitrogens with zero attached hydrogens (tertiary/aromatic N) is 1. The average molecular weight is 285 g/mol. The Morgan fingerprint density at radius 1 is 0.952 bits per heavy atom. The second-order valence-corrected chi connectivity index (χ2v) is 4.88. The van der Waals surface area contributed by atoms with E-state index in [1.807, 2.05) is 59.5 Å². The first-order valence-corrected chi connectivity index (χ1v) is 6.89. The molecular formula is C17H19NO3. The van der Waals surface area contributed by atoms with Gasteiger partial charge in [0.05, 0.1) is 13.0 Å². The topological polar surface area (TPSA) is 60.8 Å². The van der Waals surface area contributed by atoms with Gasteiger partial charge in [0, 0.05) is 18.8 Å². The van der Waals surface area contributed by atoms with Crippen LogP contribution in [0.15, 0.2) is 54.6 Å². The van der Waals surface area contributed by atoms with Gasteiger partial charge in [-0.2, -0.15) is 0 Å². The van der Waals surface area contributed by atoms with E-state index in [1.165, 1.54) is 0 Å². The fraction of sp³-hybridized carbons (Fsp3) is 0.235. The van der Waals surface area contributed by atoms with Crippen molar-refractivity contribution in [2.75, 3.05) is 11.4 Å². The zero-order valence-corrected chi connectivity index (χ0v) is 11.8. The molecule has 2 aromatic carbocycles. The van der Waals surface area contributed by atoms with Crippen LogP contribution in [0.2, 0.25) is 0 Å². The van der Waals surface area contributed by atoms with Crippen LogP contribution in [0.5, 0.6) is 0 Å². The quantitative estimate of drug-likeness (QED) is 0.821. The minimum absolute atomic E-state index is 0.0295. The summed E-state index contributed by atoms with van der Waals surface area (Å²) in [6.07, 6.45) is 0.101. The lowest BCUT2D eigenvalue weighted by Gasteiger charge is -2.24. The molecule has 2 rings (SSSR count). The molecule has 110 valence electrons. The van der Waals surface area contributed by atoms with E-state index in [9.17, 15) is 4.79 Å². The summed E-state index contributed by atoms with van der Waals surface area (Å²) in [4.78, 5) is 12.9. The Labute approximate surface area is 124 Å². The van der Waals surface area contributed by atoms with Crippen molar-refractivity contribution in [2.45, 2.75) is 19.6 Å². The zero-order valence-electron chi connectivity index (χ0n) is 11.8. The third-order valence-electron chi connectivity index (χ3n) is 3.30. The smallest absolute Gasteiger partial charge is 0.305 e. The number of carboxylic acids is 1. The first-order chi connectivity index (χ1) is 10.2. The summed E-state index contributed by atoms with van der Waals surface area (Å²) in [5.74, 6) is -0.799. The molecular weight excluding hydrogens is 266 g/mol. The lowest BCUT2D eigenvalue weighted by Crippen LogP contribution is -2.25. The SMILES string of the molecule is O=C(O)CCN(Cc1ccc(CO)cc1)c1ccccc1. The predicted octanol–water partition coefficient (Wildman–Crippen LogP) is 2.66. The fourth-order valence-electron chi connectivity index (χ4n) is 2.14. The summed E-state index contributed by atoms with van der Waals surface area (Å²) in [6.45, 7) is 1.13. The number of rotatable bonds is 7. The Kier molecular flexibility index (Phi) is 5.35. The minimum atomic E-state index is -0.799. The Bertz CT molecular complexity index is 566. The van der Waals surface area contributed by atoms with Crippen molar-refractivity contribution in [3.63, 3.8) is 0 Å². The molecule has 0 amide bonds. The van der Waals surface area contributed by atoms with Gasteiger partial charge < -0.3 is 15.1 Å². The van der Waals surface area contributed by atoms with Crippen molar-refractivity contribution in [3.05, 3.63) is 65.7 Å². The molecule has 0 aliphatic heterocycles. The number of aliphatic hydroxyl groups is 1.